The first-order valence-corrected chi connectivity index (χ1v) is 7.93. The molecule has 1 aliphatic heterocycles. The lowest BCUT2D eigenvalue weighted by Gasteiger charge is -2.33. The molecule has 0 saturated carbocycles. The largest absolute Gasteiger partial charge is 0.508 e. The molecule has 2 heterocycles. The van der Waals surface area contributed by atoms with Crippen LogP contribution in [0.2, 0.25) is 0 Å². The Labute approximate surface area is 139 Å². The van der Waals surface area contributed by atoms with Crippen molar-refractivity contribution in [1.82, 2.24) is 9.55 Å². The summed E-state index contributed by atoms with van der Waals surface area (Å²) in [5.41, 5.74) is 8.57. The number of aromatic hydroxyl groups is 1. The summed E-state index contributed by atoms with van der Waals surface area (Å²) in [5, 5.41) is 12.5. The van der Waals surface area contributed by atoms with Crippen molar-refractivity contribution >= 4 is 22.9 Å². The van der Waals surface area contributed by atoms with Crippen molar-refractivity contribution in [2.45, 2.75) is 25.4 Å². The number of aliphatic imine (C=N–C) groups is 1. The second kappa shape index (κ2) is 5.26. The number of anilines is 1. The van der Waals surface area contributed by atoms with E-state index in [2.05, 4.69) is 26.8 Å². The Morgan fingerprint density at radius 1 is 1.17 bits per heavy atom. The maximum absolute atomic E-state index is 9.42. The average Bonchev–Trinajstić information content (AvgIpc) is 2.93. The molecular weight excluding hydrogens is 302 g/mol. The fourth-order valence-corrected chi connectivity index (χ4v) is 3.26. The van der Waals surface area contributed by atoms with Crippen molar-refractivity contribution in [3.05, 3.63) is 54.1 Å². The van der Waals surface area contributed by atoms with E-state index in [9.17, 15) is 5.11 Å². The molecule has 3 aromatic rings. The van der Waals surface area contributed by atoms with Gasteiger partial charge in [0.05, 0.1) is 11.0 Å². The molecule has 1 atom stereocenters. The molecule has 1 unspecified atom stereocenters. The van der Waals surface area contributed by atoms with E-state index < -0.39 is 5.66 Å². The van der Waals surface area contributed by atoms with E-state index in [4.69, 9.17) is 5.73 Å². The Bertz CT molecular complexity index is 928. The first kappa shape index (κ1) is 14.6. The summed E-state index contributed by atoms with van der Waals surface area (Å²) >= 11 is 0. The number of fused-ring (bicyclic) bond motifs is 3. The molecule has 0 fully saturated rings. The van der Waals surface area contributed by atoms with Crippen LogP contribution in [0.4, 0.5) is 5.95 Å². The number of aryl methyl sites for hydroxylation is 1. The van der Waals surface area contributed by atoms with E-state index >= 15 is 0 Å². The molecular formula is C18H19N5O. The van der Waals surface area contributed by atoms with Crippen molar-refractivity contribution in [2.24, 2.45) is 10.7 Å². The fraction of sp³-hybridized carbons (Fsp3) is 0.222. The maximum Gasteiger partial charge on any atom is 0.212 e. The number of guanidine groups is 1. The van der Waals surface area contributed by atoms with Crippen LogP contribution in [0.25, 0.3) is 11.0 Å². The second-order valence-corrected chi connectivity index (χ2v) is 6.27. The molecule has 4 N–H and O–H groups in total. The quantitative estimate of drug-likeness (QED) is 0.692. The van der Waals surface area contributed by atoms with Gasteiger partial charge in [-0.3, -0.25) is 9.88 Å². The van der Waals surface area contributed by atoms with Gasteiger partial charge in [-0.05, 0) is 49.6 Å². The average molecular weight is 321 g/mol. The van der Waals surface area contributed by atoms with E-state index in [1.165, 1.54) is 0 Å². The second-order valence-electron chi connectivity index (χ2n) is 6.27. The number of phenols is 1. The van der Waals surface area contributed by atoms with Crippen LogP contribution in [0.5, 0.6) is 5.75 Å². The van der Waals surface area contributed by atoms with E-state index in [0.29, 0.717) is 5.96 Å². The molecule has 6 nitrogen and oxygen atoms in total. The fourth-order valence-electron chi connectivity index (χ4n) is 3.26. The molecule has 0 amide bonds. The van der Waals surface area contributed by atoms with Gasteiger partial charge in [-0.15, -0.1) is 0 Å². The van der Waals surface area contributed by atoms with Crippen LogP contribution in [-0.2, 0) is 12.1 Å². The van der Waals surface area contributed by atoms with Crippen LogP contribution >= 0.6 is 0 Å². The highest BCUT2D eigenvalue weighted by molar-refractivity contribution is 5.94. The predicted octanol–water partition coefficient (Wildman–Crippen LogP) is 2.79. The Morgan fingerprint density at radius 2 is 1.92 bits per heavy atom. The van der Waals surface area contributed by atoms with E-state index in [-0.39, 0.29) is 5.75 Å². The van der Waals surface area contributed by atoms with Crippen molar-refractivity contribution in [2.75, 3.05) is 5.32 Å². The molecule has 6 heteroatoms. The van der Waals surface area contributed by atoms with E-state index in [1.54, 1.807) is 12.1 Å². The molecule has 0 aliphatic carbocycles. The number of nitrogens with zero attached hydrogens (tertiary/aromatic N) is 3. The molecule has 0 spiro atoms. The lowest BCUT2D eigenvalue weighted by Crippen LogP contribution is -2.40. The first-order chi connectivity index (χ1) is 11.5. The smallest absolute Gasteiger partial charge is 0.212 e. The Balaban J connectivity index is 1.72. The maximum atomic E-state index is 9.42. The number of hydrogen-bond acceptors (Lipinski definition) is 5. The van der Waals surface area contributed by atoms with Crippen molar-refractivity contribution in [1.29, 1.82) is 0 Å². The zero-order valence-electron chi connectivity index (χ0n) is 13.4. The lowest BCUT2D eigenvalue weighted by atomic mass is 10.0. The summed E-state index contributed by atoms with van der Waals surface area (Å²) in [7, 11) is 0. The molecule has 122 valence electrons. The Kier molecular flexibility index (Phi) is 3.19. The Hall–Kier alpha value is -3.02. The van der Waals surface area contributed by atoms with Crippen LogP contribution in [0.15, 0.2) is 53.5 Å². The number of benzene rings is 2. The minimum Gasteiger partial charge on any atom is -0.508 e. The number of nitrogens with one attached hydrogen (secondary N) is 1. The number of rotatable bonds is 3. The van der Waals surface area contributed by atoms with Crippen molar-refractivity contribution < 1.29 is 5.11 Å². The molecule has 4 rings (SSSR count). The van der Waals surface area contributed by atoms with Crippen LogP contribution in [-0.4, -0.2) is 20.6 Å². The van der Waals surface area contributed by atoms with Gasteiger partial charge in [-0.2, -0.15) is 0 Å². The molecule has 0 bridgehead atoms. The van der Waals surface area contributed by atoms with Crippen LogP contribution < -0.4 is 11.1 Å². The summed E-state index contributed by atoms with van der Waals surface area (Å²) in [6.07, 6.45) is 1.59. The summed E-state index contributed by atoms with van der Waals surface area (Å²) in [6.45, 7) is 2.07. The molecule has 1 aromatic heterocycles. The van der Waals surface area contributed by atoms with Crippen molar-refractivity contribution in [3.63, 3.8) is 0 Å². The van der Waals surface area contributed by atoms with Crippen LogP contribution in [0.1, 0.15) is 18.9 Å². The monoisotopic (exact) mass is 321 g/mol. The van der Waals surface area contributed by atoms with Crippen molar-refractivity contribution in [3.8, 4) is 5.75 Å². The molecule has 0 radical (unpaired) electrons. The lowest BCUT2D eigenvalue weighted by molar-refractivity contribution is 0.317. The normalized spacial score (nSPS) is 19.6. The van der Waals surface area contributed by atoms with E-state index in [0.717, 1.165) is 35.4 Å². The standard InChI is InChI=1S/C18H19N5O/c1-18(11-10-12-6-8-13(24)9-7-12)22-16(19)21-17-20-14-4-2-3-5-15(14)23(17)18/h2-9,24H,10-11H2,1H3,(H3,19,20,21,22). The predicted molar refractivity (Wildman–Crippen MR) is 95.1 cm³/mol. The first-order valence-electron chi connectivity index (χ1n) is 7.93. The van der Waals surface area contributed by atoms with Gasteiger partial charge >= 0.3 is 0 Å². The zero-order chi connectivity index (χ0) is 16.7. The SMILES string of the molecule is CC1(CCc2ccc(O)cc2)N=C(N)Nc2nc3ccccc3n21. The summed E-state index contributed by atoms with van der Waals surface area (Å²) < 4.78 is 2.11. The third-order valence-electron chi connectivity index (χ3n) is 4.47. The van der Waals surface area contributed by atoms with Gasteiger partial charge in [-0.25, -0.2) is 9.98 Å². The number of hydrogen-bond donors (Lipinski definition) is 3. The molecule has 24 heavy (non-hydrogen) atoms. The molecule has 1 aliphatic rings. The topological polar surface area (TPSA) is 88.5 Å². The highest BCUT2D eigenvalue weighted by Crippen LogP contribution is 2.35. The highest BCUT2D eigenvalue weighted by atomic mass is 16.3. The zero-order valence-corrected chi connectivity index (χ0v) is 13.4. The van der Waals surface area contributed by atoms with Gasteiger partial charge in [0.2, 0.25) is 5.95 Å². The number of phenolic OH excluding ortho intramolecular Hbond substituents is 1. The number of nitrogens with two attached hydrogens (primary N) is 1. The van der Waals surface area contributed by atoms with Crippen LogP contribution in [0.3, 0.4) is 0 Å². The van der Waals surface area contributed by atoms with Gasteiger partial charge < -0.3 is 10.8 Å². The van der Waals surface area contributed by atoms with Gasteiger partial charge in [0.15, 0.2) is 5.96 Å². The number of aromatic nitrogens is 2. The Morgan fingerprint density at radius 3 is 2.71 bits per heavy atom. The van der Waals surface area contributed by atoms with Gasteiger partial charge in [0.1, 0.15) is 11.4 Å². The van der Waals surface area contributed by atoms with Crippen LogP contribution in [0, 0.1) is 0 Å². The molecule has 0 saturated heterocycles. The number of para-hydroxylation sites is 2. The van der Waals surface area contributed by atoms with Gasteiger partial charge in [0.25, 0.3) is 0 Å². The highest BCUT2D eigenvalue weighted by Gasteiger charge is 2.34. The summed E-state index contributed by atoms with van der Waals surface area (Å²) in [6, 6.07) is 15.3. The third kappa shape index (κ3) is 2.36. The summed E-state index contributed by atoms with van der Waals surface area (Å²) in [5.74, 6) is 1.37. The number of imidazole rings is 1. The minimum absolute atomic E-state index is 0.275. The third-order valence-corrected chi connectivity index (χ3v) is 4.47. The molecule has 2 aromatic carbocycles. The minimum atomic E-state index is -0.515. The van der Waals surface area contributed by atoms with Gasteiger partial charge in [-0.1, -0.05) is 24.3 Å². The summed E-state index contributed by atoms with van der Waals surface area (Å²) in [4.78, 5) is 9.29. The van der Waals surface area contributed by atoms with Gasteiger partial charge in [0, 0.05) is 0 Å². The van der Waals surface area contributed by atoms with E-state index in [1.807, 2.05) is 36.4 Å².